The van der Waals surface area contributed by atoms with Crippen molar-refractivity contribution < 1.29 is 9.59 Å². The third-order valence-electron chi connectivity index (χ3n) is 5.04. The molecule has 1 aliphatic rings. The van der Waals surface area contributed by atoms with Crippen molar-refractivity contribution in [3.8, 4) is 0 Å². The summed E-state index contributed by atoms with van der Waals surface area (Å²) < 4.78 is 0. The molecule has 1 amide bonds. The number of aryl methyl sites for hydroxylation is 1. The van der Waals surface area contributed by atoms with Crippen LogP contribution in [0.3, 0.4) is 0 Å². The Morgan fingerprint density at radius 1 is 1.30 bits per heavy atom. The number of ketones is 1. The topological polar surface area (TPSA) is 58.2 Å². The molecule has 1 aromatic rings. The van der Waals surface area contributed by atoms with Gasteiger partial charge in [0.15, 0.2) is 5.11 Å². The Morgan fingerprint density at radius 2 is 1.96 bits per heavy atom. The number of amides is 1. The van der Waals surface area contributed by atoms with Crippen LogP contribution in [0.1, 0.15) is 39.2 Å². The zero-order valence-electron chi connectivity index (χ0n) is 14.1. The van der Waals surface area contributed by atoms with Crippen molar-refractivity contribution in [1.82, 2.24) is 5.32 Å². The Kier molecular flexibility index (Phi) is 5.19. The van der Waals surface area contributed by atoms with Crippen LogP contribution in [0, 0.1) is 24.2 Å². The second kappa shape index (κ2) is 6.79. The summed E-state index contributed by atoms with van der Waals surface area (Å²) in [6.07, 6.45) is 1.18. The van der Waals surface area contributed by atoms with Gasteiger partial charge in [-0.3, -0.25) is 9.59 Å². The largest absolute Gasteiger partial charge is 0.332 e. The van der Waals surface area contributed by atoms with Gasteiger partial charge < -0.3 is 10.6 Å². The van der Waals surface area contributed by atoms with E-state index in [2.05, 4.69) is 24.5 Å². The van der Waals surface area contributed by atoms with Crippen molar-refractivity contribution in [2.24, 2.45) is 17.3 Å². The van der Waals surface area contributed by atoms with Gasteiger partial charge in [-0.15, -0.1) is 0 Å². The molecule has 2 rings (SSSR count). The minimum atomic E-state index is -0.117. The van der Waals surface area contributed by atoms with Crippen LogP contribution < -0.4 is 10.6 Å². The van der Waals surface area contributed by atoms with Crippen LogP contribution in [0.15, 0.2) is 24.3 Å². The summed E-state index contributed by atoms with van der Waals surface area (Å²) in [6, 6.07) is 7.76. The van der Waals surface area contributed by atoms with E-state index in [0.29, 0.717) is 11.5 Å². The molecule has 0 spiro atoms. The monoisotopic (exact) mass is 332 g/mol. The number of hydrogen-bond acceptors (Lipinski definition) is 3. The fourth-order valence-electron chi connectivity index (χ4n) is 3.32. The van der Waals surface area contributed by atoms with Crippen molar-refractivity contribution in [1.29, 1.82) is 0 Å². The van der Waals surface area contributed by atoms with E-state index in [1.807, 2.05) is 31.2 Å². The lowest BCUT2D eigenvalue weighted by Crippen LogP contribution is -2.50. The average Bonchev–Trinajstić information content (AvgIpc) is 2.45. The highest BCUT2D eigenvalue weighted by Crippen LogP contribution is 2.53. The fourth-order valence-corrected chi connectivity index (χ4v) is 3.54. The number of carbonyl (C=O) groups excluding carboxylic acids is 2. The van der Waals surface area contributed by atoms with Crippen LogP contribution in [0.5, 0.6) is 0 Å². The standard InChI is InChI=1S/C18H24N2O2S/c1-11-7-5-6-8-15(11)19-17(23)20-16(22)10-13-9-14(12(2)21)18(13,3)4/h5-8,13-14H,9-10H2,1-4H3,(H2,19,20,22,23)/t13-,14-/m1/s1. The lowest BCUT2D eigenvalue weighted by atomic mass is 9.52. The summed E-state index contributed by atoms with van der Waals surface area (Å²) >= 11 is 5.20. The van der Waals surface area contributed by atoms with Gasteiger partial charge in [0.25, 0.3) is 0 Å². The van der Waals surface area contributed by atoms with Crippen molar-refractivity contribution in [3.05, 3.63) is 29.8 Å². The van der Waals surface area contributed by atoms with E-state index in [4.69, 9.17) is 12.2 Å². The summed E-state index contributed by atoms with van der Waals surface area (Å²) in [5.74, 6) is 0.398. The van der Waals surface area contributed by atoms with E-state index in [1.54, 1.807) is 6.92 Å². The smallest absolute Gasteiger partial charge is 0.226 e. The summed E-state index contributed by atoms with van der Waals surface area (Å²) in [6.45, 7) is 7.73. The molecule has 0 heterocycles. The first kappa shape index (κ1) is 17.6. The Balaban J connectivity index is 1.85. The number of thiocarbonyl (C=S) groups is 1. The Morgan fingerprint density at radius 3 is 2.52 bits per heavy atom. The molecule has 0 saturated heterocycles. The molecule has 0 bridgehead atoms. The molecule has 2 N–H and O–H groups in total. The second-order valence-corrected chi connectivity index (χ2v) is 7.35. The predicted octanol–water partition coefficient (Wildman–Crippen LogP) is 3.45. The van der Waals surface area contributed by atoms with E-state index in [-0.39, 0.29) is 28.9 Å². The number of Topliss-reactive ketones (excluding diaryl/α,β-unsaturated/α-hetero) is 1. The fraction of sp³-hybridized carbons (Fsp3) is 0.500. The molecule has 1 fully saturated rings. The molecule has 1 aromatic carbocycles. The zero-order valence-corrected chi connectivity index (χ0v) is 14.9. The highest BCUT2D eigenvalue weighted by atomic mass is 32.1. The van der Waals surface area contributed by atoms with Gasteiger partial charge in [-0.1, -0.05) is 32.0 Å². The van der Waals surface area contributed by atoms with E-state index in [9.17, 15) is 9.59 Å². The van der Waals surface area contributed by atoms with Gasteiger partial charge in [-0.25, -0.2) is 0 Å². The molecule has 4 nitrogen and oxygen atoms in total. The minimum absolute atomic E-state index is 0.0670. The number of hydrogen-bond donors (Lipinski definition) is 2. The highest BCUT2D eigenvalue weighted by molar-refractivity contribution is 7.80. The first-order chi connectivity index (χ1) is 10.7. The summed E-state index contributed by atoms with van der Waals surface area (Å²) in [7, 11) is 0. The maximum Gasteiger partial charge on any atom is 0.226 e. The maximum atomic E-state index is 12.2. The zero-order chi connectivity index (χ0) is 17.2. The normalized spacial score (nSPS) is 21.9. The van der Waals surface area contributed by atoms with Gasteiger partial charge >= 0.3 is 0 Å². The van der Waals surface area contributed by atoms with Gasteiger partial charge in [-0.05, 0) is 55.4 Å². The van der Waals surface area contributed by atoms with Crippen LogP contribution >= 0.6 is 12.2 Å². The van der Waals surface area contributed by atoms with Gasteiger partial charge in [0.1, 0.15) is 5.78 Å². The van der Waals surface area contributed by atoms with E-state index >= 15 is 0 Å². The molecule has 2 atom stereocenters. The summed E-state index contributed by atoms with van der Waals surface area (Å²) in [4.78, 5) is 23.7. The molecule has 1 saturated carbocycles. The van der Waals surface area contributed by atoms with Crippen LogP contribution in [-0.2, 0) is 9.59 Å². The molecule has 1 aliphatic carbocycles. The van der Waals surface area contributed by atoms with Crippen molar-refractivity contribution in [2.45, 2.75) is 40.5 Å². The number of nitrogens with one attached hydrogen (secondary N) is 2. The Bertz CT molecular complexity index is 640. The van der Waals surface area contributed by atoms with Crippen molar-refractivity contribution in [3.63, 3.8) is 0 Å². The van der Waals surface area contributed by atoms with Crippen LogP contribution in [0.25, 0.3) is 0 Å². The molecule has 124 valence electrons. The first-order valence-corrected chi connectivity index (χ1v) is 8.29. The lowest BCUT2D eigenvalue weighted by molar-refractivity contribution is -0.140. The molecular formula is C18H24N2O2S. The minimum Gasteiger partial charge on any atom is -0.332 e. The van der Waals surface area contributed by atoms with Crippen LogP contribution in [-0.4, -0.2) is 16.8 Å². The van der Waals surface area contributed by atoms with Gasteiger partial charge in [-0.2, -0.15) is 0 Å². The number of rotatable bonds is 4. The van der Waals surface area contributed by atoms with E-state index < -0.39 is 0 Å². The second-order valence-electron chi connectivity index (χ2n) is 6.94. The summed E-state index contributed by atoms with van der Waals surface area (Å²) in [5, 5.41) is 6.09. The number of para-hydroxylation sites is 1. The van der Waals surface area contributed by atoms with Crippen molar-refractivity contribution >= 4 is 34.7 Å². The van der Waals surface area contributed by atoms with Crippen LogP contribution in [0.4, 0.5) is 5.69 Å². The average molecular weight is 332 g/mol. The number of anilines is 1. The predicted molar refractivity (Wildman–Crippen MR) is 96.2 cm³/mol. The van der Waals surface area contributed by atoms with Crippen LogP contribution in [0.2, 0.25) is 0 Å². The maximum absolute atomic E-state index is 12.2. The number of carbonyl (C=O) groups is 2. The van der Waals surface area contributed by atoms with Gasteiger partial charge in [0.2, 0.25) is 5.91 Å². The molecule has 0 aliphatic heterocycles. The first-order valence-electron chi connectivity index (χ1n) is 7.88. The van der Waals surface area contributed by atoms with Gasteiger partial charge in [0, 0.05) is 18.0 Å². The Labute approximate surface area is 143 Å². The van der Waals surface area contributed by atoms with Gasteiger partial charge in [0.05, 0.1) is 0 Å². The SMILES string of the molecule is CC(=O)[C@H]1C[C@H](CC(=O)NC(=S)Nc2ccccc2C)C1(C)C. The molecule has 0 aromatic heterocycles. The quantitative estimate of drug-likeness (QED) is 0.829. The molecule has 0 radical (unpaired) electrons. The van der Waals surface area contributed by atoms with Crippen molar-refractivity contribution in [2.75, 3.05) is 5.32 Å². The lowest BCUT2D eigenvalue weighted by Gasteiger charge is -2.51. The Hall–Kier alpha value is -1.75. The third-order valence-corrected chi connectivity index (χ3v) is 5.24. The third kappa shape index (κ3) is 3.96. The molecule has 23 heavy (non-hydrogen) atoms. The number of benzene rings is 1. The highest BCUT2D eigenvalue weighted by Gasteiger charge is 2.50. The van der Waals surface area contributed by atoms with E-state index in [1.165, 1.54) is 0 Å². The molecule has 5 heteroatoms. The molecule has 0 unspecified atom stereocenters. The summed E-state index contributed by atoms with van der Waals surface area (Å²) in [5.41, 5.74) is 1.83. The molecular weight excluding hydrogens is 308 g/mol. The van der Waals surface area contributed by atoms with E-state index in [0.717, 1.165) is 17.7 Å².